The summed E-state index contributed by atoms with van der Waals surface area (Å²) >= 11 is 0. The van der Waals surface area contributed by atoms with Crippen LogP contribution in [0.4, 0.5) is 0 Å². The quantitative estimate of drug-likeness (QED) is 0.288. The molecule has 1 aromatic heterocycles. The Morgan fingerprint density at radius 1 is 0.919 bits per heavy atom. The number of ether oxygens (including phenoxy) is 2. The summed E-state index contributed by atoms with van der Waals surface area (Å²) in [5, 5.41) is 0.103. The van der Waals surface area contributed by atoms with E-state index in [9.17, 15) is 19.2 Å². The predicted molar refractivity (Wildman–Crippen MR) is 137 cm³/mol. The molecule has 0 unspecified atom stereocenters. The molecule has 0 saturated heterocycles. The lowest BCUT2D eigenvalue weighted by Crippen LogP contribution is -2.24. The van der Waals surface area contributed by atoms with E-state index in [1.54, 1.807) is 48.5 Å². The summed E-state index contributed by atoms with van der Waals surface area (Å²) in [4.78, 5) is 53.4. The van der Waals surface area contributed by atoms with E-state index in [0.29, 0.717) is 17.7 Å². The number of methoxy groups -OCH3 is 1. The van der Waals surface area contributed by atoms with Crippen molar-refractivity contribution < 1.29 is 28.3 Å². The van der Waals surface area contributed by atoms with Crippen LogP contribution in [0, 0.1) is 0 Å². The normalized spacial score (nSPS) is 13.2. The Morgan fingerprint density at radius 2 is 1.68 bits per heavy atom. The van der Waals surface area contributed by atoms with Gasteiger partial charge < -0.3 is 13.9 Å². The summed E-state index contributed by atoms with van der Waals surface area (Å²) in [5.41, 5.74) is 0.702. The van der Waals surface area contributed by atoms with E-state index in [1.807, 2.05) is 13.8 Å². The number of ketones is 2. The van der Waals surface area contributed by atoms with Gasteiger partial charge in [-0.15, -0.1) is 0 Å². The van der Waals surface area contributed by atoms with Crippen LogP contribution in [0.1, 0.15) is 79.7 Å². The number of hydrogen-bond acceptors (Lipinski definition) is 7. The lowest BCUT2D eigenvalue weighted by Gasteiger charge is -2.22. The van der Waals surface area contributed by atoms with Gasteiger partial charge in [-0.1, -0.05) is 44.2 Å². The molecule has 5 rings (SSSR count). The largest absolute Gasteiger partial charge is 0.496 e. The molecule has 7 nitrogen and oxygen atoms in total. The first kappa shape index (κ1) is 24.2. The fourth-order valence-electron chi connectivity index (χ4n) is 4.59. The standard InChI is InChI=1S/C30H24O7/c1-4-16(2)23-14-21(31)24-18(15-36-30(34)17-9-6-5-7-10-17)13-20-26(29(24)37-23)28(33)25-19(27(20)32)11-8-12-22(25)35-3/h5-14,16H,4,15H2,1-3H3/t16-/m1/s1. The summed E-state index contributed by atoms with van der Waals surface area (Å²) in [6.07, 6.45) is 0.703. The van der Waals surface area contributed by atoms with Crippen molar-refractivity contribution in [1.82, 2.24) is 0 Å². The summed E-state index contributed by atoms with van der Waals surface area (Å²) in [6.45, 7) is 3.59. The van der Waals surface area contributed by atoms with Crippen molar-refractivity contribution in [3.8, 4) is 5.75 Å². The van der Waals surface area contributed by atoms with Gasteiger partial charge in [-0.25, -0.2) is 4.79 Å². The van der Waals surface area contributed by atoms with Crippen molar-refractivity contribution in [1.29, 1.82) is 0 Å². The van der Waals surface area contributed by atoms with E-state index in [-0.39, 0.29) is 62.5 Å². The Morgan fingerprint density at radius 3 is 2.38 bits per heavy atom. The summed E-state index contributed by atoms with van der Waals surface area (Å²) in [6, 6.07) is 16.1. The van der Waals surface area contributed by atoms with E-state index >= 15 is 0 Å². The summed E-state index contributed by atoms with van der Waals surface area (Å²) in [7, 11) is 1.42. The van der Waals surface area contributed by atoms with Crippen LogP contribution in [0.2, 0.25) is 0 Å². The molecule has 7 heteroatoms. The van der Waals surface area contributed by atoms with Crippen molar-refractivity contribution in [3.63, 3.8) is 0 Å². The number of carbonyl (C=O) groups is 3. The number of esters is 1. The molecule has 0 saturated carbocycles. The van der Waals surface area contributed by atoms with Crippen LogP contribution in [-0.2, 0) is 11.3 Å². The van der Waals surface area contributed by atoms with Gasteiger partial charge in [0.1, 0.15) is 23.7 Å². The zero-order valence-electron chi connectivity index (χ0n) is 20.6. The molecule has 1 atom stereocenters. The molecule has 4 aromatic rings. The first-order chi connectivity index (χ1) is 17.8. The van der Waals surface area contributed by atoms with Gasteiger partial charge in [0.05, 0.1) is 29.2 Å². The van der Waals surface area contributed by atoms with Crippen molar-refractivity contribution in [2.45, 2.75) is 32.8 Å². The van der Waals surface area contributed by atoms with Crippen LogP contribution < -0.4 is 10.2 Å². The molecule has 0 bridgehead atoms. The molecule has 1 heterocycles. The van der Waals surface area contributed by atoms with Crippen molar-refractivity contribution in [2.24, 2.45) is 0 Å². The molecule has 0 aliphatic heterocycles. The minimum Gasteiger partial charge on any atom is -0.496 e. The number of carbonyl (C=O) groups excluding carboxylic acids is 3. The Balaban J connectivity index is 1.73. The fraction of sp³-hybridized carbons (Fsp3) is 0.200. The van der Waals surface area contributed by atoms with Crippen LogP contribution >= 0.6 is 0 Å². The van der Waals surface area contributed by atoms with E-state index in [0.717, 1.165) is 0 Å². The first-order valence-electron chi connectivity index (χ1n) is 12.0. The molecule has 0 fully saturated rings. The average Bonchev–Trinajstić information content (AvgIpc) is 2.93. The number of rotatable bonds is 6. The highest BCUT2D eigenvalue weighted by Gasteiger charge is 2.36. The second-order valence-electron chi connectivity index (χ2n) is 8.97. The summed E-state index contributed by atoms with van der Waals surface area (Å²) in [5.74, 6) is -0.877. The molecule has 0 N–H and O–H groups in total. The number of benzene rings is 3. The van der Waals surface area contributed by atoms with Gasteiger partial charge in [0.25, 0.3) is 0 Å². The molecule has 0 spiro atoms. The van der Waals surface area contributed by atoms with Gasteiger partial charge in [-0.2, -0.15) is 0 Å². The highest BCUT2D eigenvalue weighted by molar-refractivity contribution is 6.32. The molecule has 0 radical (unpaired) electrons. The van der Waals surface area contributed by atoms with Crippen molar-refractivity contribution >= 4 is 28.5 Å². The monoisotopic (exact) mass is 496 g/mol. The van der Waals surface area contributed by atoms with Gasteiger partial charge in [-0.3, -0.25) is 14.4 Å². The van der Waals surface area contributed by atoms with Gasteiger partial charge in [0.2, 0.25) is 5.78 Å². The molecule has 37 heavy (non-hydrogen) atoms. The van der Waals surface area contributed by atoms with Crippen LogP contribution in [0.5, 0.6) is 5.75 Å². The minimum absolute atomic E-state index is 0.0115. The smallest absolute Gasteiger partial charge is 0.338 e. The second kappa shape index (κ2) is 9.50. The van der Waals surface area contributed by atoms with Crippen LogP contribution in [0.3, 0.4) is 0 Å². The van der Waals surface area contributed by atoms with E-state index in [2.05, 4.69) is 0 Å². The topological polar surface area (TPSA) is 99.9 Å². The van der Waals surface area contributed by atoms with Gasteiger partial charge >= 0.3 is 5.97 Å². The van der Waals surface area contributed by atoms with E-state index < -0.39 is 17.5 Å². The highest BCUT2D eigenvalue weighted by atomic mass is 16.5. The second-order valence-corrected chi connectivity index (χ2v) is 8.97. The first-order valence-corrected chi connectivity index (χ1v) is 12.0. The van der Waals surface area contributed by atoms with Crippen LogP contribution in [0.25, 0.3) is 11.0 Å². The van der Waals surface area contributed by atoms with E-state index in [1.165, 1.54) is 19.2 Å². The third kappa shape index (κ3) is 4.02. The summed E-state index contributed by atoms with van der Waals surface area (Å²) < 4.78 is 17.0. The molecule has 0 amide bonds. The molecule has 1 aliphatic carbocycles. The van der Waals surface area contributed by atoms with Crippen LogP contribution in [-0.4, -0.2) is 24.6 Å². The number of hydrogen-bond donors (Lipinski definition) is 0. The average molecular weight is 497 g/mol. The van der Waals surface area contributed by atoms with Gasteiger partial charge in [-0.05, 0) is 30.7 Å². The molecule has 186 valence electrons. The van der Waals surface area contributed by atoms with Crippen molar-refractivity contribution in [3.05, 3.63) is 110 Å². The maximum absolute atomic E-state index is 13.8. The molecular weight excluding hydrogens is 472 g/mol. The zero-order chi connectivity index (χ0) is 26.3. The highest BCUT2D eigenvalue weighted by Crippen LogP contribution is 2.38. The Kier molecular flexibility index (Phi) is 6.21. The molecule has 3 aromatic carbocycles. The van der Waals surface area contributed by atoms with Crippen molar-refractivity contribution in [2.75, 3.05) is 7.11 Å². The zero-order valence-corrected chi connectivity index (χ0v) is 20.6. The molecule has 1 aliphatic rings. The third-order valence-corrected chi connectivity index (χ3v) is 6.76. The Bertz CT molecular complexity index is 1630. The van der Waals surface area contributed by atoms with Gasteiger partial charge in [0.15, 0.2) is 11.2 Å². The van der Waals surface area contributed by atoms with Gasteiger partial charge in [0, 0.05) is 28.7 Å². The maximum Gasteiger partial charge on any atom is 0.338 e. The SMILES string of the molecule is CC[C@@H](C)c1cc(=O)c2c(COC(=O)c3ccccc3)cc3c(c2o1)C(=O)c1c(OC)cccc1C3=O. The number of fused-ring (bicyclic) bond motifs is 4. The maximum atomic E-state index is 13.8. The third-order valence-electron chi connectivity index (χ3n) is 6.76. The fourth-order valence-corrected chi connectivity index (χ4v) is 4.59. The molecular formula is C30H24O7. The minimum atomic E-state index is -0.579. The predicted octanol–water partition coefficient (Wildman–Crippen LogP) is 5.45. The lowest BCUT2D eigenvalue weighted by molar-refractivity contribution is 0.0474. The van der Waals surface area contributed by atoms with E-state index in [4.69, 9.17) is 13.9 Å². The van der Waals surface area contributed by atoms with Crippen LogP contribution in [0.15, 0.2) is 69.9 Å². The Hall–Kier alpha value is -4.52. The Labute approximate surface area is 212 Å². The lowest BCUT2D eigenvalue weighted by atomic mass is 9.81.